The van der Waals surface area contributed by atoms with Crippen molar-refractivity contribution < 1.29 is 22.7 Å². The predicted molar refractivity (Wildman–Crippen MR) is 68.3 cm³/mol. The Morgan fingerprint density at radius 1 is 1.30 bits per heavy atom. The largest absolute Gasteiger partial charge is 0.442 e. The minimum absolute atomic E-state index is 0.359. The zero-order valence-corrected chi connectivity index (χ0v) is 11.3. The van der Waals surface area contributed by atoms with Gasteiger partial charge in [0.15, 0.2) is 5.72 Å². The number of aryl methyl sites for hydroxylation is 1. The van der Waals surface area contributed by atoms with Gasteiger partial charge < -0.3 is 9.64 Å². The van der Waals surface area contributed by atoms with Crippen LogP contribution in [0.3, 0.4) is 0 Å². The molecule has 0 unspecified atom stereocenters. The summed E-state index contributed by atoms with van der Waals surface area (Å²) in [6.07, 6.45) is -3.03. The van der Waals surface area contributed by atoms with Crippen molar-refractivity contribution in [2.24, 2.45) is 0 Å². The number of carbonyl (C=O) groups excluding carboxylic acids is 1. The van der Waals surface area contributed by atoms with E-state index in [1.165, 1.54) is 12.1 Å². The molecule has 110 valence electrons. The Morgan fingerprint density at radius 3 is 2.60 bits per heavy atom. The Morgan fingerprint density at radius 2 is 2.00 bits per heavy atom. The summed E-state index contributed by atoms with van der Waals surface area (Å²) in [7, 11) is 0. The first-order valence-corrected chi connectivity index (χ1v) is 6.35. The summed E-state index contributed by atoms with van der Waals surface area (Å²) >= 11 is 0. The molecule has 2 rings (SSSR count). The number of alkyl halides is 3. The third-order valence-electron chi connectivity index (χ3n) is 3.51. The first-order chi connectivity index (χ1) is 9.25. The van der Waals surface area contributed by atoms with Crippen LogP contribution in [-0.2, 0) is 22.1 Å². The SMILES string of the molecule is CC(C)(OC=O)N1CCCc2cc(C(F)(F)F)ccc21. The Labute approximate surface area is 115 Å². The maximum Gasteiger partial charge on any atom is 0.416 e. The van der Waals surface area contributed by atoms with Gasteiger partial charge in [0.2, 0.25) is 0 Å². The van der Waals surface area contributed by atoms with Crippen LogP contribution < -0.4 is 4.90 Å². The number of halogens is 3. The molecule has 20 heavy (non-hydrogen) atoms. The van der Waals surface area contributed by atoms with Crippen molar-refractivity contribution in [1.82, 2.24) is 0 Å². The van der Waals surface area contributed by atoms with Gasteiger partial charge in [-0.2, -0.15) is 13.2 Å². The molecule has 0 spiro atoms. The molecule has 0 aliphatic carbocycles. The first-order valence-electron chi connectivity index (χ1n) is 6.35. The molecule has 3 nitrogen and oxygen atoms in total. The average Bonchev–Trinajstić information content (AvgIpc) is 2.36. The third-order valence-corrected chi connectivity index (χ3v) is 3.51. The van der Waals surface area contributed by atoms with Crippen LogP contribution in [0.15, 0.2) is 18.2 Å². The highest BCUT2D eigenvalue weighted by molar-refractivity contribution is 5.59. The molecule has 0 saturated carbocycles. The summed E-state index contributed by atoms with van der Waals surface area (Å²) in [6, 6.07) is 3.69. The molecule has 1 aliphatic heterocycles. The van der Waals surface area contributed by atoms with Crippen LogP contribution in [-0.4, -0.2) is 18.7 Å². The summed E-state index contributed by atoms with van der Waals surface area (Å²) in [6.45, 7) is 4.43. The summed E-state index contributed by atoms with van der Waals surface area (Å²) in [5.41, 5.74) is -0.201. The second kappa shape index (κ2) is 5.00. The summed E-state index contributed by atoms with van der Waals surface area (Å²) in [5.74, 6) is 0. The van der Waals surface area contributed by atoms with Crippen molar-refractivity contribution in [1.29, 1.82) is 0 Å². The fraction of sp³-hybridized carbons (Fsp3) is 0.500. The topological polar surface area (TPSA) is 29.5 Å². The average molecular weight is 287 g/mol. The second-order valence-corrected chi connectivity index (χ2v) is 5.26. The lowest BCUT2D eigenvalue weighted by Gasteiger charge is -2.42. The zero-order chi connectivity index (χ0) is 15.0. The molecule has 0 amide bonds. The monoisotopic (exact) mass is 287 g/mol. The smallest absolute Gasteiger partial charge is 0.416 e. The second-order valence-electron chi connectivity index (χ2n) is 5.26. The van der Waals surface area contributed by atoms with Gasteiger partial charge in [-0.15, -0.1) is 0 Å². The van der Waals surface area contributed by atoms with E-state index in [0.717, 1.165) is 12.5 Å². The van der Waals surface area contributed by atoms with Crippen LogP contribution >= 0.6 is 0 Å². The normalized spacial score (nSPS) is 15.8. The van der Waals surface area contributed by atoms with Crippen molar-refractivity contribution in [3.8, 4) is 0 Å². The molecule has 0 bridgehead atoms. The van der Waals surface area contributed by atoms with Gasteiger partial charge in [0.1, 0.15) is 0 Å². The minimum atomic E-state index is -4.34. The highest BCUT2D eigenvalue weighted by atomic mass is 19.4. The molecule has 0 aromatic heterocycles. The number of hydrogen-bond donors (Lipinski definition) is 0. The number of benzene rings is 1. The Kier molecular flexibility index (Phi) is 3.67. The van der Waals surface area contributed by atoms with Gasteiger partial charge in [0, 0.05) is 12.2 Å². The molecule has 1 aliphatic rings. The van der Waals surface area contributed by atoms with E-state index in [2.05, 4.69) is 0 Å². The molecular weight excluding hydrogens is 271 g/mol. The van der Waals surface area contributed by atoms with Crippen LogP contribution in [0.1, 0.15) is 31.4 Å². The molecule has 1 aromatic rings. The van der Waals surface area contributed by atoms with E-state index in [0.29, 0.717) is 30.7 Å². The lowest BCUT2D eigenvalue weighted by molar-refractivity contribution is -0.140. The number of carbonyl (C=O) groups is 1. The molecule has 0 radical (unpaired) electrons. The van der Waals surface area contributed by atoms with Crippen molar-refractivity contribution >= 4 is 12.2 Å². The third kappa shape index (κ3) is 2.73. The molecule has 0 N–H and O–H groups in total. The molecule has 6 heteroatoms. The van der Waals surface area contributed by atoms with E-state index in [4.69, 9.17) is 4.74 Å². The number of rotatable bonds is 3. The summed E-state index contributed by atoms with van der Waals surface area (Å²) in [5, 5.41) is 0. The maximum atomic E-state index is 12.7. The van der Waals surface area contributed by atoms with E-state index in [1.54, 1.807) is 13.8 Å². The van der Waals surface area contributed by atoms with Crippen LogP contribution in [0.4, 0.5) is 18.9 Å². The highest BCUT2D eigenvalue weighted by Gasteiger charge is 2.35. The van der Waals surface area contributed by atoms with Crippen LogP contribution in [0, 0.1) is 0 Å². The molecule has 0 fully saturated rings. The lowest BCUT2D eigenvalue weighted by atomic mass is 9.97. The number of fused-ring (bicyclic) bond motifs is 1. The van der Waals surface area contributed by atoms with Gasteiger partial charge >= 0.3 is 6.18 Å². The van der Waals surface area contributed by atoms with Gasteiger partial charge in [0.05, 0.1) is 5.56 Å². The van der Waals surface area contributed by atoms with E-state index < -0.39 is 17.5 Å². The standard InChI is InChI=1S/C14H16F3NO2/c1-13(2,20-9-19)18-7-3-4-10-8-11(14(15,16)17)5-6-12(10)18/h5-6,8-9H,3-4,7H2,1-2H3. The molecule has 0 saturated heterocycles. The van der Waals surface area contributed by atoms with Crippen LogP contribution in [0.5, 0.6) is 0 Å². The Balaban J connectivity index is 2.40. The molecule has 1 aromatic carbocycles. The van der Waals surface area contributed by atoms with Crippen LogP contribution in [0.2, 0.25) is 0 Å². The summed E-state index contributed by atoms with van der Waals surface area (Å²) < 4.78 is 43.2. The van der Waals surface area contributed by atoms with E-state index >= 15 is 0 Å². The van der Waals surface area contributed by atoms with E-state index in [9.17, 15) is 18.0 Å². The highest BCUT2D eigenvalue weighted by Crippen LogP contribution is 2.37. The zero-order valence-electron chi connectivity index (χ0n) is 11.3. The van der Waals surface area contributed by atoms with Gasteiger partial charge in [-0.3, -0.25) is 4.79 Å². The van der Waals surface area contributed by atoms with Crippen molar-refractivity contribution in [2.75, 3.05) is 11.4 Å². The number of ether oxygens (including phenoxy) is 1. The molecule has 1 heterocycles. The predicted octanol–water partition coefficient (Wildman–Crippen LogP) is 3.37. The van der Waals surface area contributed by atoms with E-state index in [1.807, 2.05) is 4.90 Å². The van der Waals surface area contributed by atoms with Crippen molar-refractivity contribution in [3.05, 3.63) is 29.3 Å². The number of anilines is 1. The number of nitrogens with zero attached hydrogens (tertiary/aromatic N) is 1. The molecular formula is C14H16F3NO2. The Hall–Kier alpha value is -1.72. The number of hydrogen-bond acceptors (Lipinski definition) is 3. The van der Waals surface area contributed by atoms with Gasteiger partial charge in [-0.1, -0.05) is 0 Å². The van der Waals surface area contributed by atoms with Crippen molar-refractivity contribution in [3.63, 3.8) is 0 Å². The van der Waals surface area contributed by atoms with E-state index in [-0.39, 0.29) is 0 Å². The lowest BCUT2D eigenvalue weighted by Crippen LogP contribution is -2.48. The molecule has 0 atom stereocenters. The first kappa shape index (κ1) is 14.7. The fourth-order valence-electron chi connectivity index (χ4n) is 2.51. The van der Waals surface area contributed by atoms with Crippen LogP contribution in [0.25, 0.3) is 0 Å². The maximum absolute atomic E-state index is 12.7. The van der Waals surface area contributed by atoms with Gasteiger partial charge in [-0.05, 0) is 50.5 Å². The minimum Gasteiger partial charge on any atom is -0.442 e. The fourth-order valence-corrected chi connectivity index (χ4v) is 2.51. The quantitative estimate of drug-likeness (QED) is 0.798. The van der Waals surface area contributed by atoms with Gasteiger partial charge in [-0.25, -0.2) is 0 Å². The summed E-state index contributed by atoms with van der Waals surface area (Å²) in [4.78, 5) is 12.4. The Bertz CT molecular complexity index is 512. The van der Waals surface area contributed by atoms with Gasteiger partial charge in [0.25, 0.3) is 6.47 Å². The van der Waals surface area contributed by atoms with Crippen molar-refractivity contribution in [2.45, 2.75) is 38.6 Å².